The summed E-state index contributed by atoms with van der Waals surface area (Å²) in [6, 6.07) is 0. The molecule has 1 aromatic rings. The van der Waals surface area contributed by atoms with Gasteiger partial charge in [-0.05, 0) is 42.9 Å². The summed E-state index contributed by atoms with van der Waals surface area (Å²) in [7, 11) is 0. The molecular formula is C15H23N3O. The van der Waals surface area contributed by atoms with Crippen molar-refractivity contribution >= 4 is 5.82 Å². The maximum absolute atomic E-state index is 12.3. The number of hydrogen-bond acceptors (Lipinski definition) is 3. The quantitative estimate of drug-likeness (QED) is 0.856. The summed E-state index contributed by atoms with van der Waals surface area (Å²) in [5, 5.41) is 3.31. The van der Waals surface area contributed by atoms with Crippen LogP contribution in [0, 0.1) is 17.3 Å². The third-order valence-corrected chi connectivity index (χ3v) is 4.42. The molecule has 1 heterocycles. The molecule has 4 nitrogen and oxygen atoms in total. The first-order valence-electron chi connectivity index (χ1n) is 7.40. The molecule has 0 atom stereocenters. The lowest BCUT2D eigenvalue weighted by atomic mass is 10.0. The summed E-state index contributed by atoms with van der Waals surface area (Å²) in [4.78, 5) is 16.5. The second-order valence-corrected chi connectivity index (χ2v) is 6.62. The van der Waals surface area contributed by atoms with Gasteiger partial charge in [0.25, 0.3) is 5.56 Å². The highest BCUT2D eigenvalue weighted by Gasteiger charge is 2.53. The standard InChI is InChI=1S/C15H23N3O/c1-11(2)9-18-8-7-16-13(14(18)19)17-10-15(5-6-15)12-3-4-12/h7-8,11-12H,3-6,9-10H2,1-2H3,(H,16,17). The Morgan fingerprint density at radius 2 is 2.21 bits per heavy atom. The zero-order valence-electron chi connectivity index (χ0n) is 11.9. The highest BCUT2D eigenvalue weighted by molar-refractivity contribution is 5.32. The number of nitrogens with zero attached hydrogens (tertiary/aromatic N) is 2. The molecule has 2 aliphatic carbocycles. The Morgan fingerprint density at radius 3 is 2.79 bits per heavy atom. The lowest BCUT2D eigenvalue weighted by Gasteiger charge is -2.16. The monoisotopic (exact) mass is 261 g/mol. The van der Waals surface area contributed by atoms with E-state index in [0.29, 0.717) is 17.2 Å². The van der Waals surface area contributed by atoms with Crippen LogP contribution in [0.4, 0.5) is 5.82 Å². The molecular weight excluding hydrogens is 238 g/mol. The van der Waals surface area contributed by atoms with Crippen LogP contribution in [0.1, 0.15) is 39.5 Å². The van der Waals surface area contributed by atoms with Gasteiger partial charge in [-0.2, -0.15) is 0 Å². The Bertz CT molecular complexity index is 512. The van der Waals surface area contributed by atoms with Crippen LogP contribution in [-0.4, -0.2) is 16.1 Å². The van der Waals surface area contributed by atoms with Crippen molar-refractivity contribution in [1.29, 1.82) is 0 Å². The zero-order chi connectivity index (χ0) is 13.5. The van der Waals surface area contributed by atoms with Gasteiger partial charge < -0.3 is 9.88 Å². The van der Waals surface area contributed by atoms with Gasteiger partial charge in [-0.3, -0.25) is 4.79 Å². The topological polar surface area (TPSA) is 46.9 Å². The average Bonchev–Trinajstić information content (AvgIpc) is 3.23. The van der Waals surface area contributed by atoms with E-state index < -0.39 is 0 Å². The molecule has 0 radical (unpaired) electrons. The van der Waals surface area contributed by atoms with Crippen LogP contribution < -0.4 is 10.9 Å². The van der Waals surface area contributed by atoms with Gasteiger partial charge in [-0.15, -0.1) is 0 Å². The van der Waals surface area contributed by atoms with Crippen molar-refractivity contribution in [2.75, 3.05) is 11.9 Å². The predicted molar refractivity (Wildman–Crippen MR) is 76.2 cm³/mol. The molecule has 0 saturated heterocycles. The van der Waals surface area contributed by atoms with Crippen molar-refractivity contribution < 1.29 is 0 Å². The van der Waals surface area contributed by atoms with Gasteiger partial charge in [0, 0.05) is 25.5 Å². The van der Waals surface area contributed by atoms with Crippen molar-refractivity contribution in [3.05, 3.63) is 22.7 Å². The largest absolute Gasteiger partial charge is 0.365 e. The van der Waals surface area contributed by atoms with Crippen molar-refractivity contribution in [3.8, 4) is 0 Å². The molecule has 0 aliphatic heterocycles. The zero-order valence-corrected chi connectivity index (χ0v) is 11.9. The van der Waals surface area contributed by atoms with Crippen molar-refractivity contribution in [3.63, 3.8) is 0 Å². The number of aromatic nitrogens is 2. The molecule has 0 unspecified atom stereocenters. The molecule has 0 amide bonds. The van der Waals surface area contributed by atoms with Crippen LogP contribution in [0.3, 0.4) is 0 Å². The Balaban J connectivity index is 1.69. The smallest absolute Gasteiger partial charge is 0.293 e. The van der Waals surface area contributed by atoms with Crippen molar-refractivity contribution in [2.45, 2.75) is 46.1 Å². The summed E-state index contributed by atoms with van der Waals surface area (Å²) in [6.07, 6.45) is 8.89. The molecule has 104 valence electrons. The molecule has 1 N–H and O–H groups in total. The first kappa shape index (κ1) is 12.7. The Kier molecular flexibility index (Phi) is 3.11. The molecule has 1 aromatic heterocycles. The van der Waals surface area contributed by atoms with Crippen LogP contribution in [0.2, 0.25) is 0 Å². The van der Waals surface area contributed by atoms with E-state index in [2.05, 4.69) is 24.1 Å². The van der Waals surface area contributed by atoms with Crippen LogP contribution >= 0.6 is 0 Å². The predicted octanol–water partition coefficient (Wildman–Crippen LogP) is 2.50. The van der Waals surface area contributed by atoms with Gasteiger partial charge in [-0.25, -0.2) is 4.98 Å². The van der Waals surface area contributed by atoms with Gasteiger partial charge >= 0.3 is 0 Å². The van der Waals surface area contributed by atoms with Gasteiger partial charge in [0.15, 0.2) is 5.82 Å². The molecule has 4 heteroatoms. The lowest BCUT2D eigenvalue weighted by Crippen LogP contribution is -2.28. The Morgan fingerprint density at radius 1 is 1.47 bits per heavy atom. The third kappa shape index (κ3) is 2.67. The average molecular weight is 261 g/mol. The van der Waals surface area contributed by atoms with E-state index in [9.17, 15) is 4.79 Å². The Labute approximate surface area is 114 Å². The van der Waals surface area contributed by atoms with Crippen LogP contribution in [-0.2, 0) is 6.54 Å². The fraction of sp³-hybridized carbons (Fsp3) is 0.733. The maximum Gasteiger partial charge on any atom is 0.293 e. The summed E-state index contributed by atoms with van der Waals surface area (Å²) >= 11 is 0. The van der Waals surface area contributed by atoms with E-state index in [1.165, 1.54) is 25.7 Å². The molecule has 0 spiro atoms. The normalized spacial score (nSPS) is 20.6. The van der Waals surface area contributed by atoms with E-state index in [4.69, 9.17) is 0 Å². The minimum absolute atomic E-state index is 0.0165. The third-order valence-electron chi connectivity index (χ3n) is 4.42. The minimum atomic E-state index is 0.0165. The van der Waals surface area contributed by atoms with E-state index >= 15 is 0 Å². The van der Waals surface area contributed by atoms with E-state index in [1.807, 2.05) is 0 Å². The van der Waals surface area contributed by atoms with Gasteiger partial charge in [0.05, 0.1) is 0 Å². The first-order chi connectivity index (χ1) is 9.11. The van der Waals surface area contributed by atoms with Gasteiger partial charge in [0.2, 0.25) is 0 Å². The summed E-state index contributed by atoms with van der Waals surface area (Å²) in [5.41, 5.74) is 0.509. The van der Waals surface area contributed by atoms with Gasteiger partial charge in [-0.1, -0.05) is 13.8 Å². The van der Waals surface area contributed by atoms with E-state index in [1.54, 1.807) is 17.0 Å². The Hall–Kier alpha value is -1.32. The molecule has 2 aliphatic rings. The summed E-state index contributed by atoms with van der Waals surface area (Å²) < 4.78 is 1.76. The highest BCUT2D eigenvalue weighted by Crippen LogP contribution is 2.61. The van der Waals surface area contributed by atoms with Crippen LogP contribution in [0.5, 0.6) is 0 Å². The maximum atomic E-state index is 12.3. The molecule has 0 aromatic carbocycles. The van der Waals surface area contributed by atoms with Crippen molar-refractivity contribution in [2.24, 2.45) is 17.3 Å². The number of hydrogen-bond donors (Lipinski definition) is 1. The van der Waals surface area contributed by atoms with Crippen LogP contribution in [0.15, 0.2) is 17.2 Å². The minimum Gasteiger partial charge on any atom is -0.365 e. The first-order valence-corrected chi connectivity index (χ1v) is 7.40. The lowest BCUT2D eigenvalue weighted by molar-refractivity contribution is 0.464. The number of anilines is 1. The van der Waals surface area contributed by atoms with E-state index in [0.717, 1.165) is 19.0 Å². The fourth-order valence-corrected chi connectivity index (χ4v) is 2.95. The molecule has 2 saturated carbocycles. The second kappa shape index (κ2) is 4.66. The molecule has 2 fully saturated rings. The molecule has 3 rings (SSSR count). The number of nitrogens with one attached hydrogen (secondary N) is 1. The fourth-order valence-electron chi connectivity index (χ4n) is 2.95. The second-order valence-electron chi connectivity index (χ2n) is 6.62. The van der Waals surface area contributed by atoms with Crippen LogP contribution in [0.25, 0.3) is 0 Å². The van der Waals surface area contributed by atoms with E-state index in [-0.39, 0.29) is 5.56 Å². The molecule has 19 heavy (non-hydrogen) atoms. The molecule has 0 bridgehead atoms. The van der Waals surface area contributed by atoms with Gasteiger partial charge in [0.1, 0.15) is 0 Å². The summed E-state index contributed by atoms with van der Waals surface area (Å²) in [6.45, 7) is 5.91. The highest BCUT2D eigenvalue weighted by atomic mass is 16.1. The SMILES string of the molecule is CC(C)Cn1ccnc(NCC2(C3CC3)CC2)c1=O. The van der Waals surface area contributed by atoms with Crippen molar-refractivity contribution in [1.82, 2.24) is 9.55 Å². The summed E-state index contributed by atoms with van der Waals surface area (Å²) in [5.74, 6) is 1.89. The number of rotatable bonds is 6.